The Labute approximate surface area is 411 Å². The van der Waals surface area contributed by atoms with Crippen LogP contribution in [0.1, 0.15) is 89.7 Å². The number of fused-ring (bicyclic) bond motifs is 8. The summed E-state index contributed by atoms with van der Waals surface area (Å²) in [4.78, 5) is 85.6. The number of hydrogen-bond donors (Lipinski definition) is 3. The smallest absolute Gasteiger partial charge is 0.276 e. The first-order chi connectivity index (χ1) is 34.2. The minimum Gasteiger partial charge on any atom is -0.489 e. The van der Waals surface area contributed by atoms with Crippen LogP contribution in [0.4, 0.5) is 28.7 Å². The van der Waals surface area contributed by atoms with E-state index in [9.17, 15) is 29.1 Å². The number of aryl methyl sites for hydroxylation is 1. The SMILES string of the molecule is C[C@H]1CN([C@H]2CCN3c4ccc5c(c4OC[C@@H]3C2)CN(C2CCC(=O)NC2=O)C5=O)CCN1c1ccc(Nc2cc(-c3ccnc(N4CCn5c(cc6c5CC(C)(C)C6)C4=O)c3CO)cn(C)c2=O)nc1. The highest BCUT2D eigenvalue weighted by Crippen LogP contribution is 2.46. The lowest BCUT2D eigenvalue weighted by molar-refractivity contribution is -0.136. The number of aliphatic hydroxyl groups excluding tert-OH is 1. The molecule has 5 aromatic rings. The summed E-state index contributed by atoms with van der Waals surface area (Å²) < 4.78 is 10.2. The second kappa shape index (κ2) is 17.1. The number of piperazine rings is 1. The fraction of sp³-hybridized carbons (Fsp3) is 0.453. The summed E-state index contributed by atoms with van der Waals surface area (Å²) in [5.41, 5.74) is 8.68. The van der Waals surface area contributed by atoms with E-state index in [2.05, 4.69) is 55.7 Å². The van der Waals surface area contributed by atoms with Crippen LogP contribution in [0, 0.1) is 5.41 Å². The van der Waals surface area contributed by atoms with Gasteiger partial charge in [0.2, 0.25) is 11.8 Å². The van der Waals surface area contributed by atoms with Gasteiger partial charge in [-0.2, -0.15) is 0 Å². The summed E-state index contributed by atoms with van der Waals surface area (Å²) in [6.45, 7) is 11.8. The van der Waals surface area contributed by atoms with Crippen LogP contribution in [0.2, 0.25) is 0 Å². The van der Waals surface area contributed by atoms with Crippen molar-refractivity contribution in [2.24, 2.45) is 12.5 Å². The highest BCUT2D eigenvalue weighted by molar-refractivity contribution is 6.07. The number of carbonyl (C=O) groups excluding carboxylic acids is 4. The Balaban J connectivity index is 0.690. The van der Waals surface area contributed by atoms with Gasteiger partial charge >= 0.3 is 0 Å². The number of pyridine rings is 3. The number of nitrogens with one attached hydrogen (secondary N) is 2. The van der Waals surface area contributed by atoms with E-state index >= 15 is 0 Å². The normalized spacial score (nSPS) is 23.7. The second-order valence-corrected chi connectivity index (χ2v) is 21.2. The van der Waals surface area contributed by atoms with Crippen molar-refractivity contribution in [3.8, 4) is 16.9 Å². The van der Waals surface area contributed by atoms with Gasteiger partial charge in [-0.3, -0.25) is 39.1 Å². The summed E-state index contributed by atoms with van der Waals surface area (Å²) in [5.74, 6) is 0.630. The molecule has 18 nitrogen and oxygen atoms in total. The minimum atomic E-state index is -0.668. The Kier molecular flexibility index (Phi) is 10.8. The van der Waals surface area contributed by atoms with E-state index in [-0.39, 0.29) is 60.4 Å². The summed E-state index contributed by atoms with van der Waals surface area (Å²) >= 11 is 0. The molecule has 12 rings (SSSR count). The molecule has 368 valence electrons. The van der Waals surface area contributed by atoms with Crippen LogP contribution in [0.5, 0.6) is 5.75 Å². The lowest BCUT2D eigenvalue weighted by atomic mass is 9.90. The fourth-order valence-corrected chi connectivity index (χ4v) is 12.7. The number of nitrogens with zero attached hydrogens (tertiary/aromatic N) is 9. The second-order valence-electron chi connectivity index (χ2n) is 21.2. The number of ether oxygens (including phenoxy) is 1. The maximum atomic E-state index is 14.0. The molecule has 0 radical (unpaired) electrons. The van der Waals surface area contributed by atoms with E-state index in [1.807, 2.05) is 42.6 Å². The van der Waals surface area contributed by atoms with Crippen molar-refractivity contribution in [1.82, 2.24) is 34.2 Å². The van der Waals surface area contributed by atoms with Crippen LogP contribution in [0.15, 0.2) is 65.8 Å². The number of amides is 4. The van der Waals surface area contributed by atoms with Crippen LogP contribution < -0.4 is 35.6 Å². The maximum absolute atomic E-state index is 14.0. The highest BCUT2D eigenvalue weighted by Gasteiger charge is 2.44. The molecule has 6 aliphatic heterocycles. The molecular formula is C53H59N11O7. The molecule has 4 aromatic heterocycles. The number of carbonyl (C=O) groups is 4. The van der Waals surface area contributed by atoms with Crippen LogP contribution in [-0.4, -0.2) is 121 Å². The van der Waals surface area contributed by atoms with Gasteiger partial charge in [-0.1, -0.05) is 13.8 Å². The Hall–Kier alpha value is -7.05. The third-order valence-corrected chi connectivity index (χ3v) is 16.1. The first-order valence-corrected chi connectivity index (χ1v) is 25.0. The standard InChI is InChI=1S/C53H59N11O7/c1-30-25-59(33-12-14-61-35(21-33)29-71-47-38-27-64(42-8-10-46(66)57-49(42)67)50(68)37(38)6-7-41(47)61)15-16-60(30)34-5-9-45(55-24-34)56-40-19-32(26-58(4)51(40)69)36-11-13-54-48(39(36)28-65)63-18-17-62-43(52(63)70)20-31-22-53(2,3)23-44(31)62/h5-7,9,11,13,19-20,24,26,30,33,35,42,65H,8,10,12,14-18,21-23,25,27-29H2,1-4H3,(H,55,56)(H,57,66,67)/t30-,33-,35-,42?/m0/s1. The monoisotopic (exact) mass is 961 g/mol. The summed E-state index contributed by atoms with van der Waals surface area (Å²) in [6, 6.07) is 13.6. The average molecular weight is 962 g/mol. The Morgan fingerprint density at radius 2 is 1.75 bits per heavy atom. The number of aromatic nitrogens is 4. The van der Waals surface area contributed by atoms with Gasteiger partial charge in [0.05, 0.1) is 36.8 Å². The number of piperidine rings is 2. The molecule has 71 heavy (non-hydrogen) atoms. The van der Waals surface area contributed by atoms with E-state index in [0.29, 0.717) is 77.4 Å². The van der Waals surface area contributed by atoms with E-state index in [1.54, 1.807) is 35.3 Å². The number of imide groups is 1. The van der Waals surface area contributed by atoms with Crippen molar-refractivity contribution >= 4 is 52.3 Å². The molecule has 3 fully saturated rings. The molecule has 0 spiro atoms. The number of aliphatic hydroxyl groups is 1. The Bertz CT molecular complexity index is 3110. The van der Waals surface area contributed by atoms with Crippen LogP contribution in [0.3, 0.4) is 0 Å². The van der Waals surface area contributed by atoms with Gasteiger partial charge in [0.25, 0.3) is 17.4 Å². The molecule has 4 atom stereocenters. The quantitative estimate of drug-likeness (QED) is 0.186. The van der Waals surface area contributed by atoms with Crippen molar-refractivity contribution in [2.75, 3.05) is 59.3 Å². The molecule has 3 N–H and O–H groups in total. The van der Waals surface area contributed by atoms with Crippen molar-refractivity contribution in [3.63, 3.8) is 0 Å². The Morgan fingerprint density at radius 3 is 2.54 bits per heavy atom. The van der Waals surface area contributed by atoms with E-state index < -0.39 is 11.9 Å². The summed E-state index contributed by atoms with van der Waals surface area (Å²) in [5, 5.41) is 16.5. The molecule has 0 bridgehead atoms. The van der Waals surface area contributed by atoms with Gasteiger partial charge in [0.1, 0.15) is 41.4 Å². The maximum Gasteiger partial charge on any atom is 0.276 e. The van der Waals surface area contributed by atoms with Gasteiger partial charge in [-0.05, 0) is 98.0 Å². The zero-order chi connectivity index (χ0) is 49.0. The molecule has 18 heteroatoms. The number of hydrogen-bond acceptors (Lipinski definition) is 13. The van der Waals surface area contributed by atoms with Gasteiger partial charge in [0, 0.05) is 105 Å². The predicted octanol–water partition coefficient (Wildman–Crippen LogP) is 4.37. The largest absolute Gasteiger partial charge is 0.489 e. The van der Waals surface area contributed by atoms with Crippen LogP contribution >= 0.6 is 0 Å². The molecule has 3 saturated heterocycles. The van der Waals surface area contributed by atoms with E-state index in [1.165, 1.54) is 15.8 Å². The van der Waals surface area contributed by atoms with Gasteiger partial charge in [0.15, 0.2) is 0 Å². The minimum absolute atomic E-state index is 0.131. The zero-order valence-corrected chi connectivity index (χ0v) is 40.6. The van der Waals surface area contributed by atoms with Crippen LogP contribution in [-0.2, 0) is 49.2 Å². The molecule has 1 aromatic carbocycles. The predicted molar refractivity (Wildman–Crippen MR) is 266 cm³/mol. The summed E-state index contributed by atoms with van der Waals surface area (Å²) in [6.07, 6.45) is 9.62. The first kappa shape index (κ1) is 45.1. The molecule has 4 amide bonds. The fourth-order valence-electron chi connectivity index (χ4n) is 12.7. The third kappa shape index (κ3) is 7.64. The first-order valence-electron chi connectivity index (χ1n) is 25.0. The molecule has 1 aliphatic carbocycles. The lowest BCUT2D eigenvalue weighted by Gasteiger charge is -2.50. The highest BCUT2D eigenvalue weighted by atomic mass is 16.5. The average Bonchev–Trinajstić information content (AvgIpc) is 3.99. The third-order valence-electron chi connectivity index (χ3n) is 16.1. The van der Waals surface area contributed by atoms with Crippen molar-refractivity contribution < 1.29 is 29.0 Å². The molecular weight excluding hydrogens is 903 g/mol. The molecule has 0 saturated carbocycles. The van der Waals surface area contributed by atoms with Crippen molar-refractivity contribution in [2.45, 2.75) is 103 Å². The van der Waals surface area contributed by atoms with Gasteiger partial charge in [-0.25, -0.2) is 9.97 Å². The zero-order valence-electron chi connectivity index (χ0n) is 40.6. The van der Waals surface area contributed by atoms with E-state index in [0.717, 1.165) is 74.6 Å². The van der Waals surface area contributed by atoms with Crippen molar-refractivity contribution in [3.05, 3.63) is 105 Å². The Morgan fingerprint density at radius 1 is 0.887 bits per heavy atom. The van der Waals surface area contributed by atoms with Crippen molar-refractivity contribution in [1.29, 1.82) is 0 Å². The van der Waals surface area contributed by atoms with E-state index in [4.69, 9.17) is 9.72 Å². The number of rotatable bonds is 8. The van der Waals surface area contributed by atoms with Gasteiger partial charge in [-0.15, -0.1) is 0 Å². The summed E-state index contributed by atoms with van der Waals surface area (Å²) in [7, 11) is 1.69. The van der Waals surface area contributed by atoms with Gasteiger partial charge < -0.3 is 39.0 Å². The molecule has 7 aliphatic rings. The number of benzene rings is 1. The molecule has 10 heterocycles. The lowest BCUT2D eigenvalue weighted by Crippen LogP contribution is -2.59. The topological polar surface area (TPSA) is 191 Å². The van der Waals surface area contributed by atoms with Crippen LogP contribution in [0.25, 0.3) is 11.1 Å². The molecule has 1 unspecified atom stereocenters. The number of anilines is 5.